The van der Waals surface area contributed by atoms with Gasteiger partial charge in [-0.3, -0.25) is 4.79 Å². The zero-order valence-electron chi connectivity index (χ0n) is 25.7. The summed E-state index contributed by atoms with van der Waals surface area (Å²) in [4.78, 5) is 12.4. The van der Waals surface area contributed by atoms with Crippen molar-refractivity contribution >= 4 is 11.6 Å². The van der Waals surface area contributed by atoms with Gasteiger partial charge in [0.2, 0.25) is 5.91 Å². The third-order valence-corrected chi connectivity index (χ3v) is 7.75. The second kappa shape index (κ2) is 14.9. The van der Waals surface area contributed by atoms with Crippen LogP contribution >= 0.6 is 0 Å². The molecule has 224 valence electrons. The number of unbranched alkanes of at least 4 members (excludes halogenated alkanes) is 1. The van der Waals surface area contributed by atoms with E-state index >= 15 is 0 Å². The van der Waals surface area contributed by atoms with Crippen molar-refractivity contribution in [3.63, 3.8) is 0 Å². The van der Waals surface area contributed by atoms with Gasteiger partial charge in [-0.25, -0.2) is 0 Å². The standard InChI is InChI=1S/C33H53N3O4/c1-8-9-16-36-31(38)23(4)17-30(37)33(35,39)20-26(22(2)3)18-24-14-15-27(32(5,6)7)29(19-24)40-21-25-12-10-11-13-28(25)34/h10-15,19,22-23,26,30,37,39H,8-9,16-18,20-21,34-35H2,1-7H3,(H,36,38)/t23?,26-,30-,33-/m0/s1. The molecule has 0 spiro atoms. The molecular weight excluding hydrogens is 502 g/mol. The molecule has 2 aromatic carbocycles. The highest BCUT2D eigenvalue weighted by Crippen LogP contribution is 2.35. The van der Waals surface area contributed by atoms with Gasteiger partial charge in [-0.05, 0) is 66.2 Å². The molecule has 7 nitrogen and oxygen atoms in total. The lowest BCUT2D eigenvalue weighted by molar-refractivity contribution is -0.129. The van der Waals surface area contributed by atoms with Crippen molar-refractivity contribution in [2.24, 2.45) is 23.5 Å². The number of nitrogens with two attached hydrogens (primary N) is 2. The van der Waals surface area contributed by atoms with Crippen molar-refractivity contribution in [1.82, 2.24) is 5.32 Å². The zero-order valence-corrected chi connectivity index (χ0v) is 25.7. The average Bonchev–Trinajstić information content (AvgIpc) is 2.87. The lowest BCUT2D eigenvalue weighted by Gasteiger charge is -2.35. The predicted octanol–water partition coefficient (Wildman–Crippen LogP) is 5.30. The summed E-state index contributed by atoms with van der Waals surface area (Å²) in [6.45, 7) is 15.4. The van der Waals surface area contributed by atoms with Crippen molar-refractivity contribution in [2.75, 3.05) is 12.3 Å². The van der Waals surface area contributed by atoms with Gasteiger partial charge in [0.1, 0.15) is 18.1 Å². The number of carbonyl (C=O) groups is 1. The normalized spacial score (nSPS) is 15.8. The Morgan fingerprint density at radius 1 is 1.10 bits per heavy atom. The van der Waals surface area contributed by atoms with Crippen LogP contribution in [0, 0.1) is 17.8 Å². The summed E-state index contributed by atoms with van der Waals surface area (Å²) in [7, 11) is 0. The molecule has 40 heavy (non-hydrogen) atoms. The number of benzene rings is 2. The van der Waals surface area contributed by atoms with E-state index in [-0.39, 0.29) is 36.0 Å². The fourth-order valence-corrected chi connectivity index (χ4v) is 4.86. The molecule has 0 aliphatic rings. The summed E-state index contributed by atoms with van der Waals surface area (Å²) in [5, 5.41) is 24.9. The van der Waals surface area contributed by atoms with Gasteiger partial charge in [-0.2, -0.15) is 0 Å². The lowest BCUT2D eigenvalue weighted by Crippen LogP contribution is -2.53. The highest BCUT2D eigenvalue weighted by molar-refractivity contribution is 5.78. The van der Waals surface area contributed by atoms with E-state index in [1.165, 1.54) is 0 Å². The summed E-state index contributed by atoms with van der Waals surface area (Å²) in [6, 6.07) is 14.0. The minimum Gasteiger partial charge on any atom is -0.489 e. The average molecular weight is 556 g/mol. The molecule has 0 radical (unpaired) electrons. The highest BCUT2D eigenvalue weighted by atomic mass is 16.5. The number of hydrogen-bond acceptors (Lipinski definition) is 6. The van der Waals surface area contributed by atoms with Gasteiger partial charge in [0.05, 0.1) is 6.10 Å². The van der Waals surface area contributed by atoms with Crippen LogP contribution in [0.2, 0.25) is 0 Å². The van der Waals surface area contributed by atoms with Crippen LogP contribution in [0.15, 0.2) is 42.5 Å². The number of rotatable bonds is 15. The molecular formula is C33H53N3O4. The molecule has 0 saturated carbocycles. The van der Waals surface area contributed by atoms with Crippen molar-refractivity contribution < 1.29 is 19.7 Å². The summed E-state index contributed by atoms with van der Waals surface area (Å²) in [6.07, 6.45) is 1.63. The maximum Gasteiger partial charge on any atom is 0.222 e. The summed E-state index contributed by atoms with van der Waals surface area (Å²) in [5.41, 5.74) is 14.3. The van der Waals surface area contributed by atoms with Crippen molar-refractivity contribution in [2.45, 2.75) is 104 Å². The quantitative estimate of drug-likeness (QED) is 0.115. The number of aliphatic hydroxyl groups is 2. The monoisotopic (exact) mass is 555 g/mol. The van der Waals surface area contributed by atoms with Gasteiger partial charge in [0.15, 0.2) is 0 Å². The molecule has 0 aliphatic carbocycles. The SMILES string of the molecule is CCCCNC(=O)C(C)C[C@H](O)[C@@](N)(O)C[C@H](Cc1ccc(C(C)(C)C)c(OCc2ccccc2N)c1)C(C)C. The maximum absolute atomic E-state index is 12.4. The molecule has 0 aromatic heterocycles. The largest absolute Gasteiger partial charge is 0.489 e. The number of amides is 1. The Hall–Kier alpha value is -2.61. The molecule has 7 heteroatoms. The van der Waals surface area contributed by atoms with Crippen LogP contribution in [-0.4, -0.2) is 34.5 Å². The highest BCUT2D eigenvalue weighted by Gasteiger charge is 2.37. The van der Waals surface area contributed by atoms with Crippen LogP contribution < -0.4 is 21.5 Å². The first-order valence-corrected chi connectivity index (χ1v) is 14.7. The van der Waals surface area contributed by atoms with Crippen LogP contribution in [0.25, 0.3) is 0 Å². The van der Waals surface area contributed by atoms with Crippen LogP contribution in [0.3, 0.4) is 0 Å². The molecule has 0 bridgehead atoms. The van der Waals surface area contributed by atoms with Crippen LogP contribution in [0.1, 0.15) is 90.8 Å². The van der Waals surface area contributed by atoms with E-state index in [0.29, 0.717) is 25.3 Å². The fourth-order valence-electron chi connectivity index (χ4n) is 4.86. The Kier molecular flexibility index (Phi) is 12.5. The number of hydrogen-bond donors (Lipinski definition) is 5. The van der Waals surface area contributed by atoms with Crippen LogP contribution in [0.5, 0.6) is 5.75 Å². The molecule has 2 aromatic rings. The number of nitrogen functional groups attached to an aromatic ring is 1. The zero-order chi connectivity index (χ0) is 30.1. The van der Waals surface area contributed by atoms with E-state index in [0.717, 1.165) is 35.3 Å². The first-order valence-electron chi connectivity index (χ1n) is 14.7. The van der Waals surface area contributed by atoms with Gasteiger partial charge in [0.25, 0.3) is 0 Å². The van der Waals surface area contributed by atoms with E-state index in [2.05, 4.69) is 65.1 Å². The summed E-state index contributed by atoms with van der Waals surface area (Å²) < 4.78 is 6.32. The summed E-state index contributed by atoms with van der Waals surface area (Å²) in [5.74, 6) is 0.418. The molecule has 0 heterocycles. The van der Waals surface area contributed by atoms with Gasteiger partial charge in [-0.15, -0.1) is 0 Å². The number of carbonyl (C=O) groups excluding carboxylic acids is 1. The first-order chi connectivity index (χ1) is 18.7. The Labute approximate surface area is 241 Å². The van der Waals surface area contributed by atoms with E-state index in [1.54, 1.807) is 6.92 Å². The Morgan fingerprint density at radius 2 is 1.77 bits per heavy atom. The minimum absolute atomic E-state index is 0.00330. The Balaban J connectivity index is 2.17. The van der Waals surface area contributed by atoms with Gasteiger partial charge < -0.3 is 31.7 Å². The molecule has 0 fully saturated rings. The number of aliphatic hydroxyl groups excluding tert-OH is 1. The van der Waals surface area contributed by atoms with E-state index in [4.69, 9.17) is 16.2 Å². The van der Waals surface area contributed by atoms with E-state index < -0.39 is 17.7 Å². The van der Waals surface area contributed by atoms with Crippen molar-refractivity contribution in [3.05, 3.63) is 59.2 Å². The minimum atomic E-state index is -1.82. The molecule has 0 saturated heterocycles. The van der Waals surface area contributed by atoms with Crippen LogP contribution in [-0.2, 0) is 23.2 Å². The second-order valence-electron chi connectivity index (χ2n) is 12.8. The molecule has 1 amide bonds. The topological polar surface area (TPSA) is 131 Å². The predicted molar refractivity (Wildman–Crippen MR) is 164 cm³/mol. The van der Waals surface area contributed by atoms with Gasteiger partial charge >= 0.3 is 0 Å². The Morgan fingerprint density at radius 3 is 2.38 bits per heavy atom. The van der Waals surface area contributed by atoms with Crippen LogP contribution in [0.4, 0.5) is 5.69 Å². The molecule has 4 atom stereocenters. The third kappa shape index (κ3) is 10.1. The van der Waals surface area contributed by atoms with Crippen molar-refractivity contribution in [3.8, 4) is 5.75 Å². The first kappa shape index (κ1) is 33.6. The Bertz CT molecular complexity index is 1080. The number of para-hydroxylation sites is 1. The van der Waals surface area contributed by atoms with Gasteiger partial charge in [-0.1, -0.05) is 85.2 Å². The van der Waals surface area contributed by atoms with Crippen molar-refractivity contribution in [1.29, 1.82) is 0 Å². The number of nitrogens with one attached hydrogen (secondary N) is 1. The lowest BCUT2D eigenvalue weighted by atomic mass is 9.79. The fraction of sp³-hybridized carbons (Fsp3) is 0.606. The number of ether oxygens (including phenoxy) is 1. The van der Waals surface area contributed by atoms with E-state index in [1.807, 2.05) is 24.3 Å². The molecule has 7 N–H and O–H groups in total. The van der Waals surface area contributed by atoms with Gasteiger partial charge in [0, 0.05) is 23.7 Å². The molecule has 2 rings (SSSR count). The molecule has 0 aliphatic heterocycles. The smallest absolute Gasteiger partial charge is 0.222 e. The maximum atomic E-state index is 12.4. The summed E-state index contributed by atoms with van der Waals surface area (Å²) >= 11 is 0. The second-order valence-corrected chi connectivity index (χ2v) is 12.8. The number of anilines is 1. The third-order valence-electron chi connectivity index (χ3n) is 7.75. The van der Waals surface area contributed by atoms with E-state index in [9.17, 15) is 15.0 Å². The molecule has 1 unspecified atom stereocenters.